The Kier molecular flexibility index (Phi) is 5.22. The SMILES string of the molecule is Cl.O=C(Cc1ccc(-c2ccccc2)cc1)N1C[C@H]2CNC[C@H]2C1. The van der Waals surface area contributed by atoms with Gasteiger partial charge in [0.1, 0.15) is 0 Å². The molecular weight excluding hydrogens is 320 g/mol. The normalized spacial score (nSPS) is 22.1. The molecule has 1 amide bonds. The van der Waals surface area contributed by atoms with Crippen LogP contribution in [0.3, 0.4) is 0 Å². The number of hydrogen-bond acceptors (Lipinski definition) is 2. The van der Waals surface area contributed by atoms with E-state index >= 15 is 0 Å². The van der Waals surface area contributed by atoms with Crippen molar-refractivity contribution in [1.29, 1.82) is 0 Å². The summed E-state index contributed by atoms with van der Waals surface area (Å²) in [4.78, 5) is 14.6. The van der Waals surface area contributed by atoms with Crippen molar-refractivity contribution in [3.63, 3.8) is 0 Å². The maximum atomic E-state index is 12.5. The predicted octanol–water partition coefficient (Wildman–Crippen LogP) is 3.00. The molecule has 2 fully saturated rings. The number of rotatable bonds is 3. The zero-order valence-electron chi connectivity index (χ0n) is 13.7. The van der Waals surface area contributed by atoms with Gasteiger partial charge in [-0.1, -0.05) is 54.6 Å². The predicted molar refractivity (Wildman–Crippen MR) is 99.3 cm³/mol. The Morgan fingerprint density at radius 2 is 1.50 bits per heavy atom. The molecule has 0 bridgehead atoms. The third kappa shape index (κ3) is 3.47. The first-order chi connectivity index (χ1) is 11.3. The summed E-state index contributed by atoms with van der Waals surface area (Å²) in [6.45, 7) is 4.00. The largest absolute Gasteiger partial charge is 0.342 e. The van der Waals surface area contributed by atoms with Crippen LogP contribution >= 0.6 is 12.4 Å². The van der Waals surface area contributed by atoms with E-state index in [1.54, 1.807) is 0 Å². The van der Waals surface area contributed by atoms with E-state index in [0.29, 0.717) is 18.3 Å². The Morgan fingerprint density at radius 1 is 0.917 bits per heavy atom. The van der Waals surface area contributed by atoms with Crippen LogP contribution in [0.5, 0.6) is 0 Å². The minimum Gasteiger partial charge on any atom is -0.342 e. The second-order valence-electron chi connectivity index (χ2n) is 6.72. The number of carbonyl (C=O) groups is 1. The zero-order valence-corrected chi connectivity index (χ0v) is 14.5. The van der Waals surface area contributed by atoms with Crippen molar-refractivity contribution < 1.29 is 4.79 Å². The van der Waals surface area contributed by atoms with Crippen LogP contribution in [0.4, 0.5) is 0 Å². The molecule has 2 aliphatic rings. The molecule has 1 N–H and O–H groups in total. The average molecular weight is 343 g/mol. The van der Waals surface area contributed by atoms with Crippen molar-refractivity contribution in [2.24, 2.45) is 11.8 Å². The fourth-order valence-electron chi connectivity index (χ4n) is 3.79. The first-order valence-electron chi connectivity index (χ1n) is 8.42. The van der Waals surface area contributed by atoms with Crippen LogP contribution in [-0.2, 0) is 11.2 Å². The third-order valence-corrected chi connectivity index (χ3v) is 5.16. The average Bonchev–Trinajstić information content (AvgIpc) is 3.18. The number of hydrogen-bond donors (Lipinski definition) is 1. The summed E-state index contributed by atoms with van der Waals surface area (Å²) in [7, 11) is 0. The number of carbonyl (C=O) groups excluding carboxylic acids is 1. The van der Waals surface area contributed by atoms with E-state index in [2.05, 4.69) is 46.6 Å². The quantitative estimate of drug-likeness (QED) is 0.930. The standard InChI is InChI=1S/C20H22N2O.ClH/c23-20(22-13-18-11-21-12-19(18)14-22)10-15-6-8-17(9-7-15)16-4-2-1-3-5-16;/h1-9,18-19,21H,10-14H2;1H/t18-,19+;. The second-order valence-corrected chi connectivity index (χ2v) is 6.72. The minimum atomic E-state index is 0. The van der Waals surface area contributed by atoms with Crippen LogP contribution in [0.2, 0.25) is 0 Å². The van der Waals surface area contributed by atoms with Crippen molar-refractivity contribution in [2.45, 2.75) is 6.42 Å². The lowest BCUT2D eigenvalue weighted by molar-refractivity contribution is -0.129. The van der Waals surface area contributed by atoms with Crippen molar-refractivity contribution in [3.05, 3.63) is 60.2 Å². The smallest absolute Gasteiger partial charge is 0.227 e. The van der Waals surface area contributed by atoms with E-state index in [9.17, 15) is 4.79 Å². The van der Waals surface area contributed by atoms with E-state index in [1.165, 1.54) is 11.1 Å². The summed E-state index contributed by atoms with van der Waals surface area (Å²) in [6.07, 6.45) is 0.516. The van der Waals surface area contributed by atoms with Gasteiger partial charge in [0.15, 0.2) is 0 Å². The van der Waals surface area contributed by atoms with Gasteiger partial charge in [-0.05, 0) is 28.5 Å². The Balaban J connectivity index is 0.00000169. The summed E-state index contributed by atoms with van der Waals surface area (Å²) in [5.74, 6) is 1.60. The van der Waals surface area contributed by atoms with Crippen LogP contribution in [0.1, 0.15) is 5.56 Å². The molecule has 0 spiro atoms. The van der Waals surface area contributed by atoms with Crippen LogP contribution in [-0.4, -0.2) is 37.0 Å². The van der Waals surface area contributed by atoms with E-state index < -0.39 is 0 Å². The molecule has 2 saturated heterocycles. The lowest BCUT2D eigenvalue weighted by Gasteiger charge is -2.17. The van der Waals surface area contributed by atoms with Gasteiger partial charge in [0.25, 0.3) is 0 Å². The Hall–Kier alpha value is -1.84. The molecule has 2 aromatic carbocycles. The highest BCUT2D eigenvalue weighted by Crippen LogP contribution is 2.27. The molecule has 3 nitrogen and oxygen atoms in total. The lowest BCUT2D eigenvalue weighted by Crippen LogP contribution is -2.32. The molecule has 24 heavy (non-hydrogen) atoms. The third-order valence-electron chi connectivity index (χ3n) is 5.16. The highest BCUT2D eigenvalue weighted by molar-refractivity contribution is 5.85. The van der Waals surface area contributed by atoms with Crippen LogP contribution in [0.15, 0.2) is 54.6 Å². The molecule has 2 aromatic rings. The number of fused-ring (bicyclic) bond motifs is 1. The topological polar surface area (TPSA) is 32.3 Å². The number of halogens is 1. The first kappa shape index (κ1) is 17.0. The minimum absolute atomic E-state index is 0. The van der Waals surface area contributed by atoms with Gasteiger partial charge in [-0.15, -0.1) is 12.4 Å². The second kappa shape index (κ2) is 7.37. The summed E-state index contributed by atoms with van der Waals surface area (Å²) < 4.78 is 0. The molecule has 0 radical (unpaired) electrons. The summed E-state index contributed by atoms with van der Waals surface area (Å²) in [6, 6.07) is 18.7. The molecule has 4 heteroatoms. The van der Waals surface area contributed by atoms with Crippen LogP contribution < -0.4 is 5.32 Å². The lowest BCUT2D eigenvalue weighted by atomic mass is 10.0. The molecule has 0 aromatic heterocycles. The molecule has 2 heterocycles. The summed E-state index contributed by atoms with van der Waals surface area (Å²) in [5.41, 5.74) is 3.51. The van der Waals surface area contributed by atoms with Gasteiger partial charge in [-0.25, -0.2) is 0 Å². The highest BCUT2D eigenvalue weighted by atomic mass is 35.5. The fraction of sp³-hybridized carbons (Fsp3) is 0.350. The van der Waals surface area contributed by atoms with E-state index in [-0.39, 0.29) is 18.3 Å². The van der Waals surface area contributed by atoms with E-state index in [1.807, 2.05) is 18.2 Å². The zero-order chi connectivity index (χ0) is 15.6. The van der Waals surface area contributed by atoms with Gasteiger partial charge in [-0.3, -0.25) is 4.79 Å². The van der Waals surface area contributed by atoms with Gasteiger partial charge in [-0.2, -0.15) is 0 Å². The molecule has 0 aliphatic carbocycles. The monoisotopic (exact) mass is 342 g/mol. The molecule has 0 saturated carbocycles. The number of benzene rings is 2. The first-order valence-corrected chi connectivity index (χ1v) is 8.42. The van der Waals surface area contributed by atoms with E-state index in [4.69, 9.17) is 0 Å². The van der Waals surface area contributed by atoms with Gasteiger partial charge >= 0.3 is 0 Å². The maximum Gasteiger partial charge on any atom is 0.227 e. The van der Waals surface area contributed by atoms with Crippen LogP contribution in [0, 0.1) is 11.8 Å². The van der Waals surface area contributed by atoms with Gasteiger partial charge in [0.2, 0.25) is 5.91 Å². The number of amides is 1. The molecule has 126 valence electrons. The van der Waals surface area contributed by atoms with Crippen molar-refractivity contribution in [2.75, 3.05) is 26.2 Å². The van der Waals surface area contributed by atoms with E-state index in [0.717, 1.165) is 31.7 Å². The Morgan fingerprint density at radius 3 is 2.12 bits per heavy atom. The van der Waals surface area contributed by atoms with Gasteiger partial charge < -0.3 is 10.2 Å². The van der Waals surface area contributed by atoms with Gasteiger partial charge in [0.05, 0.1) is 6.42 Å². The van der Waals surface area contributed by atoms with Crippen molar-refractivity contribution in [3.8, 4) is 11.1 Å². The number of nitrogens with one attached hydrogen (secondary N) is 1. The summed E-state index contributed by atoms with van der Waals surface area (Å²) >= 11 is 0. The van der Waals surface area contributed by atoms with Crippen molar-refractivity contribution in [1.82, 2.24) is 10.2 Å². The fourth-order valence-corrected chi connectivity index (χ4v) is 3.79. The molecule has 2 aliphatic heterocycles. The molecular formula is C20H23ClN2O. The maximum absolute atomic E-state index is 12.5. The highest BCUT2D eigenvalue weighted by Gasteiger charge is 2.37. The summed E-state index contributed by atoms with van der Waals surface area (Å²) in [5, 5.41) is 3.42. The molecule has 0 unspecified atom stereocenters. The molecule has 2 atom stereocenters. The Labute approximate surface area is 149 Å². The Bertz CT molecular complexity index is 675. The van der Waals surface area contributed by atoms with Crippen molar-refractivity contribution >= 4 is 18.3 Å². The molecule has 4 rings (SSSR count). The van der Waals surface area contributed by atoms with Crippen LogP contribution in [0.25, 0.3) is 11.1 Å². The number of likely N-dealkylation sites (tertiary alicyclic amines) is 1. The van der Waals surface area contributed by atoms with Gasteiger partial charge in [0, 0.05) is 26.2 Å². The number of nitrogens with zero attached hydrogens (tertiary/aromatic N) is 1.